The zero-order chi connectivity index (χ0) is 25.9. The molecule has 0 radical (unpaired) electrons. The standard InChI is InChI=1S/C31H41N5O2/c1-22-7-12-28-29(21-22)35(26-10-8-24(9-11-26)33-25-13-17-32-18-14-25)31(37)36(27-15-19-38-20-16-27)34-30(28)23-5-3-2-4-6-23/h7-12,21,23,25,27,32-33H,2-6,13-20H2,1H3. The maximum absolute atomic E-state index is 14.4. The largest absolute Gasteiger partial charge is 0.382 e. The van der Waals surface area contributed by atoms with Crippen molar-refractivity contribution in [3.63, 3.8) is 0 Å². The molecule has 0 spiro atoms. The first-order valence-corrected chi connectivity index (χ1v) is 14.7. The average molecular weight is 516 g/mol. The number of hydrogen-bond donors (Lipinski definition) is 2. The number of hydrazone groups is 1. The van der Waals surface area contributed by atoms with Crippen LogP contribution >= 0.6 is 0 Å². The first-order chi connectivity index (χ1) is 18.7. The minimum atomic E-state index is -0.0615. The van der Waals surface area contributed by atoms with Crippen LogP contribution in [0.15, 0.2) is 47.6 Å². The molecular weight excluding hydrogens is 474 g/mol. The van der Waals surface area contributed by atoms with Crippen molar-refractivity contribution in [2.24, 2.45) is 11.0 Å². The predicted octanol–water partition coefficient (Wildman–Crippen LogP) is 6.20. The lowest BCUT2D eigenvalue weighted by atomic mass is 9.82. The number of nitrogens with zero attached hydrogens (tertiary/aromatic N) is 3. The highest BCUT2D eigenvalue weighted by Gasteiger charge is 2.37. The maximum atomic E-state index is 14.4. The van der Waals surface area contributed by atoms with Gasteiger partial charge in [0.2, 0.25) is 0 Å². The molecule has 7 nitrogen and oxygen atoms in total. The molecule has 0 bridgehead atoms. The number of piperidine rings is 1. The number of ether oxygens (including phenoxy) is 1. The summed E-state index contributed by atoms with van der Waals surface area (Å²) in [5.74, 6) is 0.386. The summed E-state index contributed by atoms with van der Waals surface area (Å²) in [7, 11) is 0. The summed E-state index contributed by atoms with van der Waals surface area (Å²) in [5, 5.41) is 14.2. The molecule has 1 saturated carbocycles. The number of carbonyl (C=O) groups is 1. The van der Waals surface area contributed by atoms with Crippen molar-refractivity contribution in [1.29, 1.82) is 0 Å². The van der Waals surface area contributed by atoms with Gasteiger partial charge in [-0.25, -0.2) is 9.80 Å². The quantitative estimate of drug-likeness (QED) is 0.498. The third-order valence-corrected chi connectivity index (χ3v) is 8.64. The molecule has 0 atom stereocenters. The Morgan fingerprint density at radius 3 is 2.39 bits per heavy atom. The molecule has 38 heavy (non-hydrogen) atoms. The number of amides is 2. The smallest absolute Gasteiger partial charge is 0.349 e. The zero-order valence-corrected chi connectivity index (χ0v) is 22.6. The number of hydrogen-bond acceptors (Lipinski definition) is 5. The Bertz CT molecular complexity index is 1150. The van der Waals surface area contributed by atoms with E-state index in [4.69, 9.17) is 9.84 Å². The van der Waals surface area contributed by atoms with Gasteiger partial charge in [0.25, 0.3) is 0 Å². The van der Waals surface area contributed by atoms with Crippen LogP contribution in [0.25, 0.3) is 0 Å². The van der Waals surface area contributed by atoms with E-state index in [0.29, 0.717) is 25.2 Å². The third kappa shape index (κ3) is 5.32. The number of rotatable bonds is 5. The van der Waals surface area contributed by atoms with Gasteiger partial charge in [-0.1, -0.05) is 31.4 Å². The molecule has 2 amide bonds. The van der Waals surface area contributed by atoms with Gasteiger partial charge in [-0.15, -0.1) is 0 Å². The molecule has 2 saturated heterocycles. The van der Waals surface area contributed by atoms with Crippen molar-refractivity contribution in [1.82, 2.24) is 10.3 Å². The van der Waals surface area contributed by atoms with Gasteiger partial charge in [0, 0.05) is 36.4 Å². The van der Waals surface area contributed by atoms with Gasteiger partial charge < -0.3 is 15.4 Å². The predicted molar refractivity (Wildman–Crippen MR) is 153 cm³/mol. The summed E-state index contributed by atoms with van der Waals surface area (Å²) in [6, 6.07) is 15.4. The van der Waals surface area contributed by atoms with E-state index in [1.165, 1.54) is 19.3 Å². The van der Waals surface area contributed by atoms with E-state index < -0.39 is 0 Å². The monoisotopic (exact) mass is 515 g/mol. The Morgan fingerprint density at radius 2 is 1.66 bits per heavy atom. The lowest BCUT2D eigenvalue weighted by molar-refractivity contribution is 0.0480. The van der Waals surface area contributed by atoms with Crippen molar-refractivity contribution in [2.45, 2.75) is 76.8 Å². The van der Waals surface area contributed by atoms with Crippen LogP contribution in [0.2, 0.25) is 0 Å². The fourth-order valence-electron chi connectivity index (χ4n) is 6.46. The number of fused-ring (bicyclic) bond motifs is 1. The van der Waals surface area contributed by atoms with E-state index in [-0.39, 0.29) is 12.1 Å². The molecule has 3 heterocycles. The number of nitrogens with one attached hydrogen (secondary N) is 2. The molecule has 2 aromatic carbocycles. The van der Waals surface area contributed by atoms with Gasteiger partial charge in [0.05, 0.1) is 23.1 Å². The first kappa shape index (κ1) is 25.4. The van der Waals surface area contributed by atoms with Crippen molar-refractivity contribution in [3.05, 3.63) is 53.6 Å². The number of urea groups is 1. The summed E-state index contributed by atoms with van der Waals surface area (Å²) in [4.78, 5) is 16.3. The van der Waals surface area contributed by atoms with Crippen molar-refractivity contribution in [2.75, 3.05) is 36.5 Å². The minimum Gasteiger partial charge on any atom is -0.382 e. The molecule has 7 heteroatoms. The summed E-state index contributed by atoms with van der Waals surface area (Å²) < 4.78 is 5.65. The fraction of sp³-hybridized carbons (Fsp3) is 0.548. The Balaban J connectivity index is 1.39. The molecule has 3 aliphatic heterocycles. The molecule has 202 valence electrons. The van der Waals surface area contributed by atoms with E-state index in [9.17, 15) is 4.79 Å². The normalized spacial score (nSPS) is 22.1. The van der Waals surface area contributed by atoms with Crippen LogP contribution < -0.4 is 15.5 Å². The van der Waals surface area contributed by atoms with Gasteiger partial charge in [-0.2, -0.15) is 5.10 Å². The second kappa shape index (κ2) is 11.5. The first-order valence-electron chi connectivity index (χ1n) is 14.7. The van der Waals surface area contributed by atoms with Crippen molar-refractivity contribution < 1.29 is 9.53 Å². The van der Waals surface area contributed by atoms with E-state index in [1.54, 1.807) is 0 Å². The van der Waals surface area contributed by atoms with Gasteiger partial charge in [-0.3, -0.25) is 4.90 Å². The highest BCUT2D eigenvalue weighted by atomic mass is 16.5. The zero-order valence-electron chi connectivity index (χ0n) is 22.6. The number of benzene rings is 2. The minimum absolute atomic E-state index is 0.0496. The van der Waals surface area contributed by atoms with Gasteiger partial charge in [0.1, 0.15) is 0 Å². The summed E-state index contributed by atoms with van der Waals surface area (Å²) in [5.41, 5.74) is 6.28. The van der Waals surface area contributed by atoms with Crippen LogP contribution in [0.5, 0.6) is 0 Å². The number of aryl methyl sites for hydroxylation is 1. The Morgan fingerprint density at radius 1 is 0.921 bits per heavy atom. The van der Waals surface area contributed by atoms with Gasteiger partial charge in [0.15, 0.2) is 0 Å². The topological polar surface area (TPSA) is 69.2 Å². The summed E-state index contributed by atoms with van der Waals surface area (Å²) in [6.07, 6.45) is 9.90. The highest BCUT2D eigenvalue weighted by molar-refractivity contribution is 6.14. The van der Waals surface area contributed by atoms with Crippen LogP contribution in [-0.4, -0.2) is 55.1 Å². The summed E-state index contributed by atoms with van der Waals surface area (Å²) >= 11 is 0. The van der Waals surface area contributed by atoms with E-state index in [0.717, 1.165) is 85.5 Å². The molecule has 0 unspecified atom stereocenters. The van der Waals surface area contributed by atoms with Crippen LogP contribution in [0, 0.1) is 12.8 Å². The molecule has 4 aliphatic rings. The number of anilines is 3. The van der Waals surface area contributed by atoms with E-state index >= 15 is 0 Å². The lowest BCUT2D eigenvalue weighted by Crippen LogP contribution is -2.45. The molecule has 0 aromatic heterocycles. The lowest BCUT2D eigenvalue weighted by Gasteiger charge is -2.33. The maximum Gasteiger partial charge on any atom is 0.349 e. The van der Waals surface area contributed by atoms with Gasteiger partial charge >= 0.3 is 6.03 Å². The molecule has 6 rings (SSSR count). The van der Waals surface area contributed by atoms with Crippen LogP contribution in [0.3, 0.4) is 0 Å². The second-order valence-corrected chi connectivity index (χ2v) is 11.4. The Kier molecular flexibility index (Phi) is 7.65. The average Bonchev–Trinajstić information content (AvgIpc) is 3.09. The number of carbonyl (C=O) groups excluding carboxylic acids is 1. The molecule has 3 fully saturated rings. The molecular formula is C31H41N5O2. The Labute approximate surface area is 226 Å². The molecule has 1 aliphatic carbocycles. The van der Waals surface area contributed by atoms with Crippen molar-refractivity contribution >= 4 is 28.8 Å². The van der Waals surface area contributed by atoms with Gasteiger partial charge in [-0.05, 0) is 94.4 Å². The van der Waals surface area contributed by atoms with E-state index in [2.05, 4.69) is 60.0 Å². The Hall–Kier alpha value is -2.90. The molecule has 2 N–H and O–H groups in total. The third-order valence-electron chi connectivity index (χ3n) is 8.64. The fourth-order valence-corrected chi connectivity index (χ4v) is 6.46. The van der Waals surface area contributed by atoms with Crippen LogP contribution in [0.4, 0.5) is 21.9 Å². The van der Waals surface area contributed by atoms with E-state index in [1.807, 2.05) is 9.91 Å². The molecule has 2 aromatic rings. The van der Waals surface area contributed by atoms with Crippen LogP contribution in [0.1, 0.15) is 68.9 Å². The second-order valence-electron chi connectivity index (χ2n) is 11.4. The van der Waals surface area contributed by atoms with Crippen molar-refractivity contribution in [3.8, 4) is 0 Å². The van der Waals surface area contributed by atoms with Crippen LogP contribution in [-0.2, 0) is 4.74 Å². The summed E-state index contributed by atoms with van der Waals surface area (Å²) in [6.45, 7) is 5.56. The highest BCUT2D eigenvalue weighted by Crippen LogP contribution is 2.39. The SMILES string of the molecule is Cc1ccc2c(c1)N(c1ccc(NC3CCNCC3)cc1)C(=O)N(C1CCOCC1)N=C2C1CCCCC1.